The van der Waals surface area contributed by atoms with Gasteiger partial charge in [0.2, 0.25) is 15.9 Å². The summed E-state index contributed by atoms with van der Waals surface area (Å²) in [4.78, 5) is 17.5. The molecule has 7 heteroatoms. The summed E-state index contributed by atoms with van der Waals surface area (Å²) in [5.41, 5.74) is 2.45. The molecule has 1 amide bonds. The first-order valence-electron chi connectivity index (χ1n) is 11.5. The van der Waals surface area contributed by atoms with Crippen LogP contribution in [0, 0.1) is 0 Å². The Hall–Kier alpha value is -1.44. The van der Waals surface area contributed by atoms with Crippen molar-refractivity contribution in [3.05, 3.63) is 29.3 Å². The minimum atomic E-state index is -3.50. The average Bonchev–Trinajstić information content (AvgIpc) is 3.43. The maximum absolute atomic E-state index is 13.1. The molecule has 0 unspecified atom stereocenters. The first kappa shape index (κ1) is 21.8. The molecule has 0 radical (unpaired) electrons. The summed E-state index contributed by atoms with van der Waals surface area (Å²) in [5, 5.41) is 0. The van der Waals surface area contributed by atoms with Crippen LogP contribution in [-0.4, -0.2) is 73.2 Å². The third-order valence-electron chi connectivity index (χ3n) is 7.07. The number of nitrogens with zero attached hydrogens (tertiary/aromatic N) is 3. The molecule has 1 aromatic rings. The van der Waals surface area contributed by atoms with Gasteiger partial charge in [0.25, 0.3) is 0 Å². The molecule has 30 heavy (non-hydrogen) atoms. The fourth-order valence-corrected chi connectivity index (χ4v) is 6.73. The Morgan fingerprint density at radius 1 is 1.03 bits per heavy atom. The molecule has 0 spiro atoms. The van der Waals surface area contributed by atoms with Crippen LogP contribution in [0.3, 0.4) is 0 Å². The quantitative estimate of drug-likeness (QED) is 0.692. The van der Waals surface area contributed by atoms with Gasteiger partial charge in [-0.2, -0.15) is 4.31 Å². The fourth-order valence-electron chi connectivity index (χ4n) is 5.26. The van der Waals surface area contributed by atoms with E-state index in [0.29, 0.717) is 49.7 Å². The van der Waals surface area contributed by atoms with Crippen LogP contribution in [0.1, 0.15) is 57.1 Å². The van der Waals surface area contributed by atoms with Gasteiger partial charge in [0, 0.05) is 38.3 Å². The first-order chi connectivity index (χ1) is 14.4. The number of hydrogen-bond acceptors (Lipinski definition) is 4. The van der Waals surface area contributed by atoms with Crippen molar-refractivity contribution in [2.75, 3.05) is 32.7 Å². The van der Waals surface area contributed by atoms with E-state index in [1.54, 1.807) is 10.4 Å². The van der Waals surface area contributed by atoms with Crippen molar-refractivity contribution in [3.63, 3.8) is 0 Å². The Morgan fingerprint density at radius 2 is 1.70 bits per heavy atom. The van der Waals surface area contributed by atoms with Crippen LogP contribution in [0.2, 0.25) is 0 Å². The summed E-state index contributed by atoms with van der Waals surface area (Å²) in [6.07, 6.45) is 7.98. The molecule has 3 aliphatic rings. The second kappa shape index (κ2) is 8.97. The van der Waals surface area contributed by atoms with Crippen molar-refractivity contribution < 1.29 is 13.2 Å². The van der Waals surface area contributed by atoms with Crippen molar-refractivity contribution >= 4 is 15.9 Å². The van der Waals surface area contributed by atoms with Crippen LogP contribution in [0.5, 0.6) is 0 Å². The van der Waals surface area contributed by atoms with Crippen LogP contribution in [0.4, 0.5) is 0 Å². The summed E-state index contributed by atoms with van der Waals surface area (Å²) >= 11 is 0. The van der Waals surface area contributed by atoms with Crippen molar-refractivity contribution in [3.8, 4) is 0 Å². The third kappa shape index (κ3) is 4.43. The van der Waals surface area contributed by atoms with Gasteiger partial charge in [0.15, 0.2) is 0 Å². The maximum atomic E-state index is 13.1. The van der Waals surface area contributed by atoms with Gasteiger partial charge < -0.3 is 4.90 Å². The second-order valence-corrected chi connectivity index (χ2v) is 11.2. The highest BCUT2D eigenvalue weighted by Crippen LogP contribution is 2.27. The average molecular weight is 434 g/mol. The smallest absolute Gasteiger partial charge is 0.243 e. The lowest BCUT2D eigenvalue weighted by atomic mass is 10.1. The molecule has 1 heterocycles. The molecule has 1 aromatic carbocycles. The number of rotatable bonds is 6. The van der Waals surface area contributed by atoms with Crippen molar-refractivity contribution in [1.82, 2.24) is 14.1 Å². The Kier molecular flexibility index (Phi) is 6.51. The topological polar surface area (TPSA) is 60.9 Å². The number of fused-ring (bicyclic) bond motifs is 1. The molecular formula is C23H35N3O3S. The number of amides is 1. The van der Waals surface area contributed by atoms with Gasteiger partial charge in [0.05, 0.1) is 11.4 Å². The van der Waals surface area contributed by atoms with Crippen molar-refractivity contribution in [2.24, 2.45) is 0 Å². The summed E-state index contributed by atoms with van der Waals surface area (Å²) in [6, 6.07) is 6.43. The summed E-state index contributed by atoms with van der Waals surface area (Å²) < 4.78 is 27.8. The van der Waals surface area contributed by atoms with E-state index in [-0.39, 0.29) is 5.91 Å². The molecular weight excluding hydrogens is 398 g/mol. The molecule has 0 N–H and O–H groups in total. The van der Waals surface area contributed by atoms with Gasteiger partial charge in [-0.1, -0.05) is 18.9 Å². The number of sulfonamides is 1. The van der Waals surface area contributed by atoms with Crippen LogP contribution in [0.15, 0.2) is 23.1 Å². The van der Waals surface area contributed by atoms with Crippen LogP contribution >= 0.6 is 0 Å². The first-order valence-corrected chi connectivity index (χ1v) is 13.0. The van der Waals surface area contributed by atoms with E-state index < -0.39 is 10.0 Å². The van der Waals surface area contributed by atoms with Gasteiger partial charge in [-0.25, -0.2) is 8.42 Å². The molecule has 0 aromatic heterocycles. The molecule has 166 valence electrons. The Bertz CT molecular complexity index is 870. The molecule has 1 saturated carbocycles. The molecule has 1 aliphatic heterocycles. The highest BCUT2D eigenvalue weighted by molar-refractivity contribution is 7.89. The number of carbonyl (C=O) groups excluding carboxylic acids is 1. The highest BCUT2D eigenvalue weighted by Gasteiger charge is 2.33. The zero-order valence-electron chi connectivity index (χ0n) is 18.3. The van der Waals surface area contributed by atoms with Gasteiger partial charge in [-0.3, -0.25) is 9.69 Å². The van der Waals surface area contributed by atoms with E-state index in [1.165, 1.54) is 36.8 Å². The number of benzene rings is 1. The summed E-state index contributed by atoms with van der Waals surface area (Å²) in [7, 11) is -3.50. The Morgan fingerprint density at radius 3 is 2.37 bits per heavy atom. The largest absolute Gasteiger partial charge is 0.339 e. The van der Waals surface area contributed by atoms with Crippen LogP contribution < -0.4 is 0 Å². The molecule has 2 fully saturated rings. The van der Waals surface area contributed by atoms with E-state index in [4.69, 9.17) is 0 Å². The molecule has 0 atom stereocenters. The van der Waals surface area contributed by atoms with Gasteiger partial charge in [-0.15, -0.1) is 0 Å². The van der Waals surface area contributed by atoms with E-state index in [0.717, 1.165) is 19.3 Å². The molecule has 2 aliphatic carbocycles. The molecule has 6 nitrogen and oxygen atoms in total. The highest BCUT2D eigenvalue weighted by atomic mass is 32.2. The van der Waals surface area contributed by atoms with Crippen molar-refractivity contribution in [1.29, 1.82) is 0 Å². The van der Waals surface area contributed by atoms with Gasteiger partial charge in [0.1, 0.15) is 0 Å². The van der Waals surface area contributed by atoms with Gasteiger partial charge in [-0.05, 0) is 69.2 Å². The number of aryl methyl sites for hydroxylation is 2. The minimum Gasteiger partial charge on any atom is -0.339 e. The van der Waals surface area contributed by atoms with E-state index in [9.17, 15) is 13.2 Å². The Balaban J connectivity index is 1.36. The zero-order valence-corrected chi connectivity index (χ0v) is 19.2. The monoisotopic (exact) mass is 433 g/mol. The molecule has 4 rings (SSSR count). The zero-order chi connectivity index (χ0) is 21.3. The number of piperazine rings is 1. The van der Waals surface area contributed by atoms with E-state index in [1.807, 2.05) is 17.0 Å². The van der Waals surface area contributed by atoms with E-state index >= 15 is 0 Å². The summed E-state index contributed by atoms with van der Waals surface area (Å²) in [6.45, 7) is 6.45. The normalized spacial score (nSPS) is 21.0. The second-order valence-electron chi connectivity index (χ2n) is 9.27. The lowest BCUT2D eigenvalue weighted by molar-refractivity contribution is -0.134. The van der Waals surface area contributed by atoms with Crippen LogP contribution in [0.25, 0.3) is 0 Å². The maximum Gasteiger partial charge on any atom is 0.243 e. The summed E-state index contributed by atoms with van der Waals surface area (Å²) in [5.74, 6) is 0.130. The standard InChI is InChI=1S/C23H35N3O3S/c1-18(2)26(21-8-3-4-9-21)17-23(27)24-12-14-25(15-13-24)30(28,29)22-11-10-19-6-5-7-20(19)16-22/h10-11,16,18,21H,3-9,12-15,17H2,1-2H3. The lowest BCUT2D eigenvalue weighted by Gasteiger charge is -2.37. The minimum absolute atomic E-state index is 0.130. The van der Waals surface area contributed by atoms with Crippen molar-refractivity contribution in [2.45, 2.75) is 75.8 Å². The molecule has 1 saturated heterocycles. The third-order valence-corrected chi connectivity index (χ3v) is 8.97. The SMILES string of the molecule is CC(C)N(CC(=O)N1CCN(S(=O)(=O)c2ccc3c(c2)CCC3)CC1)C1CCCC1. The fraction of sp³-hybridized carbons (Fsp3) is 0.696. The number of hydrogen-bond donors (Lipinski definition) is 0. The lowest BCUT2D eigenvalue weighted by Crippen LogP contribution is -2.54. The Labute approximate surface area is 181 Å². The van der Waals surface area contributed by atoms with E-state index in [2.05, 4.69) is 18.7 Å². The predicted octanol–water partition coefficient (Wildman–Crippen LogP) is 2.66. The molecule has 0 bridgehead atoms. The van der Waals surface area contributed by atoms with Crippen LogP contribution in [-0.2, 0) is 27.7 Å². The predicted molar refractivity (Wildman–Crippen MR) is 118 cm³/mol. The number of carbonyl (C=O) groups is 1. The van der Waals surface area contributed by atoms with Gasteiger partial charge >= 0.3 is 0 Å².